The SMILES string of the molecule is O=[N+]([O-])c1ccc(F)c(F)c1NCCCO. The van der Waals surface area contributed by atoms with Crippen LogP contribution in [0.3, 0.4) is 0 Å². The molecular formula is C9H10F2N2O3. The maximum absolute atomic E-state index is 13.2. The van der Waals surface area contributed by atoms with Crippen molar-refractivity contribution in [2.45, 2.75) is 6.42 Å². The Balaban J connectivity index is 3.01. The van der Waals surface area contributed by atoms with Gasteiger partial charge in [-0.1, -0.05) is 0 Å². The van der Waals surface area contributed by atoms with E-state index in [1.165, 1.54) is 0 Å². The zero-order valence-corrected chi connectivity index (χ0v) is 8.24. The van der Waals surface area contributed by atoms with Crippen molar-refractivity contribution in [1.82, 2.24) is 0 Å². The molecule has 0 atom stereocenters. The fraction of sp³-hybridized carbons (Fsp3) is 0.333. The Kier molecular flexibility index (Phi) is 4.12. The van der Waals surface area contributed by atoms with E-state index in [-0.39, 0.29) is 19.6 Å². The number of hydrogen-bond donors (Lipinski definition) is 2. The van der Waals surface area contributed by atoms with Crippen LogP contribution in [0.2, 0.25) is 0 Å². The number of benzene rings is 1. The normalized spacial score (nSPS) is 10.2. The minimum atomic E-state index is -1.29. The average Bonchev–Trinajstić information content (AvgIpc) is 2.24. The quantitative estimate of drug-likeness (QED) is 0.460. The predicted molar refractivity (Wildman–Crippen MR) is 53.2 cm³/mol. The van der Waals surface area contributed by atoms with Crippen LogP contribution in [0.1, 0.15) is 6.42 Å². The van der Waals surface area contributed by atoms with Crippen LogP contribution in [0, 0.1) is 21.7 Å². The van der Waals surface area contributed by atoms with Crippen molar-refractivity contribution in [2.24, 2.45) is 0 Å². The minimum Gasteiger partial charge on any atom is -0.396 e. The summed E-state index contributed by atoms with van der Waals surface area (Å²) in [5, 5.41) is 21.4. The Morgan fingerprint density at radius 1 is 1.44 bits per heavy atom. The van der Waals surface area contributed by atoms with Crippen LogP contribution >= 0.6 is 0 Å². The number of aliphatic hydroxyl groups excluding tert-OH is 1. The number of nitrogens with one attached hydrogen (secondary N) is 1. The van der Waals surface area contributed by atoms with Crippen molar-refractivity contribution in [3.8, 4) is 0 Å². The minimum absolute atomic E-state index is 0.123. The number of anilines is 1. The highest BCUT2D eigenvalue weighted by atomic mass is 19.2. The third-order valence-electron chi connectivity index (χ3n) is 1.91. The third-order valence-corrected chi connectivity index (χ3v) is 1.91. The van der Waals surface area contributed by atoms with E-state index in [1.807, 2.05) is 0 Å². The van der Waals surface area contributed by atoms with Crippen LogP contribution in [0.5, 0.6) is 0 Å². The second-order valence-corrected chi connectivity index (χ2v) is 3.02. The highest BCUT2D eigenvalue weighted by molar-refractivity contribution is 5.62. The van der Waals surface area contributed by atoms with E-state index in [0.29, 0.717) is 6.07 Å². The van der Waals surface area contributed by atoms with Crippen LogP contribution in [0.4, 0.5) is 20.2 Å². The number of hydrogen-bond acceptors (Lipinski definition) is 4. The van der Waals surface area contributed by atoms with Gasteiger partial charge in [0.15, 0.2) is 17.3 Å². The lowest BCUT2D eigenvalue weighted by Gasteiger charge is -2.07. The Morgan fingerprint density at radius 2 is 2.12 bits per heavy atom. The molecule has 1 aromatic carbocycles. The Morgan fingerprint density at radius 3 is 2.69 bits per heavy atom. The average molecular weight is 232 g/mol. The number of rotatable bonds is 5. The van der Waals surface area contributed by atoms with Crippen LogP contribution in [0.25, 0.3) is 0 Å². The summed E-state index contributed by atoms with van der Waals surface area (Å²) in [7, 11) is 0. The molecule has 16 heavy (non-hydrogen) atoms. The highest BCUT2D eigenvalue weighted by Crippen LogP contribution is 2.28. The largest absolute Gasteiger partial charge is 0.396 e. The van der Waals surface area contributed by atoms with Gasteiger partial charge in [0.05, 0.1) is 4.92 Å². The molecule has 0 radical (unpaired) electrons. The zero-order valence-electron chi connectivity index (χ0n) is 8.24. The first kappa shape index (κ1) is 12.3. The molecule has 0 saturated heterocycles. The summed E-state index contributed by atoms with van der Waals surface area (Å²) in [5.41, 5.74) is -1.02. The van der Waals surface area contributed by atoms with E-state index in [2.05, 4.69) is 5.32 Å². The van der Waals surface area contributed by atoms with Gasteiger partial charge in [0.25, 0.3) is 5.69 Å². The van der Waals surface area contributed by atoms with Gasteiger partial charge in [-0.3, -0.25) is 10.1 Å². The van der Waals surface area contributed by atoms with E-state index in [0.717, 1.165) is 6.07 Å². The monoisotopic (exact) mass is 232 g/mol. The lowest BCUT2D eigenvalue weighted by Crippen LogP contribution is -2.08. The molecule has 0 amide bonds. The summed E-state index contributed by atoms with van der Waals surface area (Å²) in [6.07, 6.45) is 0.285. The van der Waals surface area contributed by atoms with Gasteiger partial charge in [-0.05, 0) is 12.5 Å². The molecule has 0 heterocycles. The lowest BCUT2D eigenvalue weighted by atomic mass is 10.2. The molecule has 2 N–H and O–H groups in total. The standard InChI is InChI=1S/C9H10F2N2O3/c10-6-2-3-7(13(15)16)9(8(6)11)12-4-1-5-14/h2-3,12,14H,1,4-5H2. The van der Waals surface area contributed by atoms with E-state index in [9.17, 15) is 18.9 Å². The molecule has 0 aromatic heterocycles. The molecule has 88 valence electrons. The molecule has 0 fully saturated rings. The van der Waals surface area contributed by atoms with E-state index < -0.39 is 27.9 Å². The molecule has 0 aliphatic carbocycles. The molecule has 0 bridgehead atoms. The maximum Gasteiger partial charge on any atom is 0.295 e. The van der Waals surface area contributed by atoms with Gasteiger partial charge >= 0.3 is 0 Å². The van der Waals surface area contributed by atoms with Crippen molar-refractivity contribution in [3.63, 3.8) is 0 Å². The summed E-state index contributed by atoms with van der Waals surface area (Å²) < 4.78 is 26.1. The Labute approximate surface area is 89.9 Å². The maximum atomic E-state index is 13.2. The van der Waals surface area contributed by atoms with Crippen molar-refractivity contribution >= 4 is 11.4 Å². The summed E-state index contributed by atoms with van der Waals surface area (Å²) in [4.78, 5) is 9.74. The fourth-order valence-corrected chi connectivity index (χ4v) is 1.15. The van der Waals surface area contributed by atoms with E-state index in [4.69, 9.17) is 5.11 Å². The molecule has 1 aromatic rings. The lowest BCUT2D eigenvalue weighted by molar-refractivity contribution is -0.384. The summed E-state index contributed by atoms with van der Waals surface area (Å²) in [6.45, 7) is -0.0184. The number of nitrogens with zero attached hydrogens (tertiary/aromatic N) is 1. The van der Waals surface area contributed by atoms with Crippen molar-refractivity contribution < 1.29 is 18.8 Å². The van der Waals surface area contributed by atoms with Crippen molar-refractivity contribution in [3.05, 3.63) is 33.9 Å². The number of nitro groups is 1. The number of halogens is 2. The molecule has 5 nitrogen and oxygen atoms in total. The fourth-order valence-electron chi connectivity index (χ4n) is 1.15. The smallest absolute Gasteiger partial charge is 0.295 e. The van der Waals surface area contributed by atoms with Gasteiger partial charge in [-0.25, -0.2) is 8.78 Å². The Bertz CT molecular complexity index is 399. The topological polar surface area (TPSA) is 75.4 Å². The van der Waals surface area contributed by atoms with E-state index in [1.54, 1.807) is 0 Å². The van der Waals surface area contributed by atoms with Gasteiger partial charge in [0.1, 0.15) is 0 Å². The first-order chi connectivity index (χ1) is 7.57. The molecule has 1 rings (SSSR count). The first-order valence-corrected chi connectivity index (χ1v) is 4.55. The molecule has 0 spiro atoms. The van der Waals surface area contributed by atoms with Gasteiger partial charge < -0.3 is 10.4 Å². The van der Waals surface area contributed by atoms with Crippen LogP contribution in [-0.4, -0.2) is 23.2 Å². The molecule has 0 saturated carbocycles. The molecule has 0 aliphatic heterocycles. The van der Waals surface area contributed by atoms with Crippen molar-refractivity contribution in [1.29, 1.82) is 0 Å². The Hall–Kier alpha value is -1.76. The summed E-state index contributed by atoms with van der Waals surface area (Å²) in [5.74, 6) is -2.44. The molecule has 7 heteroatoms. The van der Waals surface area contributed by atoms with Gasteiger partial charge in [-0.15, -0.1) is 0 Å². The van der Waals surface area contributed by atoms with Crippen LogP contribution < -0.4 is 5.32 Å². The van der Waals surface area contributed by atoms with E-state index >= 15 is 0 Å². The molecule has 0 aliphatic rings. The number of nitro benzene ring substituents is 1. The third kappa shape index (κ3) is 2.63. The second kappa shape index (κ2) is 5.36. The van der Waals surface area contributed by atoms with Gasteiger partial charge in [0.2, 0.25) is 0 Å². The zero-order chi connectivity index (χ0) is 12.1. The highest BCUT2D eigenvalue weighted by Gasteiger charge is 2.20. The first-order valence-electron chi connectivity index (χ1n) is 4.55. The summed E-state index contributed by atoms with van der Waals surface area (Å²) in [6, 6.07) is 1.59. The van der Waals surface area contributed by atoms with Gasteiger partial charge in [-0.2, -0.15) is 0 Å². The van der Waals surface area contributed by atoms with Crippen LogP contribution in [-0.2, 0) is 0 Å². The molecule has 0 unspecified atom stereocenters. The van der Waals surface area contributed by atoms with Gasteiger partial charge in [0, 0.05) is 19.2 Å². The number of aliphatic hydroxyl groups is 1. The van der Waals surface area contributed by atoms with Crippen molar-refractivity contribution in [2.75, 3.05) is 18.5 Å². The predicted octanol–water partition coefficient (Wildman–Crippen LogP) is 1.67. The summed E-state index contributed by atoms with van der Waals surface area (Å²) >= 11 is 0. The van der Waals surface area contributed by atoms with Crippen LogP contribution in [0.15, 0.2) is 12.1 Å². The second-order valence-electron chi connectivity index (χ2n) is 3.02. The molecular weight excluding hydrogens is 222 g/mol.